The van der Waals surface area contributed by atoms with Crippen LogP contribution in [0.25, 0.3) is 0 Å². The molecular formula is C18H29N3O2. The number of carbonyl (C=O) groups excluding carboxylic acids is 1. The molecule has 0 bridgehead atoms. The summed E-state index contributed by atoms with van der Waals surface area (Å²) in [4.78, 5) is 19.2. The number of rotatable bonds is 5. The SMILES string of the molecule is COC(=O)C(Cc1cnc[nH]1)NC1CCC2(CCCCC2)CC1. The zero-order valence-electron chi connectivity index (χ0n) is 14.1. The standard InChI is InChI=1S/C18H29N3O2/c1-23-17(22)16(11-15-12-19-13-20-15)21-14-5-9-18(10-6-14)7-3-2-4-8-18/h12-14,16,21H,2-11H2,1H3,(H,19,20). The Kier molecular flexibility index (Phi) is 5.36. The Hall–Kier alpha value is -1.36. The van der Waals surface area contributed by atoms with Crippen LogP contribution in [0.2, 0.25) is 0 Å². The van der Waals surface area contributed by atoms with Gasteiger partial charge in [0.05, 0.1) is 13.4 Å². The van der Waals surface area contributed by atoms with Crippen LogP contribution >= 0.6 is 0 Å². The van der Waals surface area contributed by atoms with Gasteiger partial charge in [-0.1, -0.05) is 19.3 Å². The van der Waals surface area contributed by atoms with Gasteiger partial charge in [-0.25, -0.2) is 4.98 Å². The summed E-state index contributed by atoms with van der Waals surface area (Å²) in [7, 11) is 1.46. The molecule has 2 fully saturated rings. The molecule has 5 heteroatoms. The molecule has 5 nitrogen and oxygen atoms in total. The highest BCUT2D eigenvalue weighted by Gasteiger charge is 2.37. The van der Waals surface area contributed by atoms with E-state index in [1.807, 2.05) is 0 Å². The Balaban J connectivity index is 1.54. The molecule has 2 aliphatic carbocycles. The highest BCUT2D eigenvalue weighted by Crippen LogP contribution is 2.47. The molecule has 0 amide bonds. The van der Waals surface area contributed by atoms with E-state index in [-0.39, 0.29) is 12.0 Å². The van der Waals surface area contributed by atoms with Gasteiger partial charge >= 0.3 is 5.97 Å². The number of H-pyrrole nitrogens is 1. The molecule has 2 saturated carbocycles. The van der Waals surface area contributed by atoms with Crippen molar-refractivity contribution in [1.82, 2.24) is 15.3 Å². The van der Waals surface area contributed by atoms with Gasteiger partial charge in [0.2, 0.25) is 0 Å². The predicted octanol–water partition coefficient (Wildman–Crippen LogP) is 2.98. The molecule has 3 rings (SSSR count). The van der Waals surface area contributed by atoms with Gasteiger partial charge in [0, 0.05) is 24.4 Å². The van der Waals surface area contributed by atoms with E-state index in [0.717, 1.165) is 5.69 Å². The van der Waals surface area contributed by atoms with E-state index in [9.17, 15) is 4.79 Å². The number of esters is 1. The van der Waals surface area contributed by atoms with Gasteiger partial charge in [-0.3, -0.25) is 4.79 Å². The van der Waals surface area contributed by atoms with E-state index in [4.69, 9.17) is 4.74 Å². The van der Waals surface area contributed by atoms with E-state index in [1.54, 1.807) is 12.5 Å². The predicted molar refractivity (Wildman–Crippen MR) is 89.0 cm³/mol. The summed E-state index contributed by atoms with van der Waals surface area (Å²) < 4.78 is 4.98. The van der Waals surface area contributed by atoms with E-state index in [0.29, 0.717) is 17.9 Å². The van der Waals surface area contributed by atoms with Crippen LogP contribution in [0.3, 0.4) is 0 Å². The number of ether oxygens (including phenoxy) is 1. The summed E-state index contributed by atoms with van der Waals surface area (Å²) in [5.74, 6) is -0.183. The van der Waals surface area contributed by atoms with Crippen LogP contribution in [-0.4, -0.2) is 35.1 Å². The van der Waals surface area contributed by atoms with E-state index in [1.165, 1.54) is 64.9 Å². The Morgan fingerprint density at radius 2 is 2.09 bits per heavy atom. The van der Waals surface area contributed by atoms with E-state index in [2.05, 4.69) is 15.3 Å². The summed E-state index contributed by atoms with van der Waals surface area (Å²) in [6.07, 6.45) is 16.0. The fourth-order valence-corrected chi connectivity index (χ4v) is 4.45. The van der Waals surface area contributed by atoms with Crippen LogP contribution in [-0.2, 0) is 16.0 Å². The van der Waals surface area contributed by atoms with E-state index < -0.39 is 0 Å². The maximum Gasteiger partial charge on any atom is 0.323 e. The number of hydrogen-bond acceptors (Lipinski definition) is 4. The molecule has 1 aromatic rings. The maximum absolute atomic E-state index is 12.1. The fraction of sp³-hybridized carbons (Fsp3) is 0.778. The van der Waals surface area contributed by atoms with Gasteiger partial charge in [-0.2, -0.15) is 0 Å². The zero-order valence-corrected chi connectivity index (χ0v) is 14.1. The van der Waals surface area contributed by atoms with Crippen molar-refractivity contribution in [3.63, 3.8) is 0 Å². The topological polar surface area (TPSA) is 67.0 Å². The van der Waals surface area contributed by atoms with Crippen molar-refractivity contribution in [2.45, 2.75) is 76.3 Å². The Morgan fingerprint density at radius 1 is 1.35 bits per heavy atom. The average molecular weight is 319 g/mol. The monoisotopic (exact) mass is 319 g/mol. The number of carbonyl (C=O) groups is 1. The van der Waals surface area contributed by atoms with Crippen LogP contribution < -0.4 is 5.32 Å². The quantitative estimate of drug-likeness (QED) is 0.819. The van der Waals surface area contributed by atoms with Gasteiger partial charge in [-0.15, -0.1) is 0 Å². The first-order valence-corrected chi connectivity index (χ1v) is 9.02. The second kappa shape index (κ2) is 7.47. The molecule has 23 heavy (non-hydrogen) atoms. The molecule has 2 N–H and O–H groups in total. The minimum atomic E-state index is -0.286. The molecule has 128 valence electrons. The van der Waals surface area contributed by atoms with Crippen LogP contribution in [0.4, 0.5) is 0 Å². The van der Waals surface area contributed by atoms with Crippen molar-refractivity contribution in [2.75, 3.05) is 7.11 Å². The lowest BCUT2D eigenvalue weighted by molar-refractivity contribution is -0.143. The summed E-state index contributed by atoms with van der Waals surface area (Å²) in [6.45, 7) is 0. The number of methoxy groups -OCH3 is 1. The van der Waals surface area contributed by atoms with Crippen molar-refractivity contribution < 1.29 is 9.53 Å². The lowest BCUT2D eigenvalue weighted by Gasteiger charge is -2.43. The molecule has 2 aliphatic rings. The zero-order chi connectivity index (χ0) is 16.1. The minimum absolute atomic E-state index is 0.183. The van der Waals surface area contributed by atoms with Gasteiger partial charge in [0.25, 0.3) is 0 Å². The lowest BCUT2D eigenvalue weighted by Crippen LogP contribution is -2.48. The van der Waals surface area contributed by atoms with Crippen LogP contribution in [0.5, 0.6) is 0 Å². The molecule has 1 aromatic heterocycles. The lowest BCUT2D eigenvalue weighted by atomic mass is 9.64. The first kappa shape index (κ1) is 16.5. The second-order valence-electron chi connectivity index (χ2n) is 7.36. The van der Waals surface area contributed by atoms with Gasteiger partial charge in [0.15, 0.2) is 0 Å². The highest BCUT2D eigenvalue weighted by atomic mass is 16.5. The van der Waals surface area contributed by atoms with Crippen molar-refractivity contribution >= 4 is 5.97 Å². The molecule has 1 spiro atoms. The fourth-order valence-electron chi connectivity index (χ4n) is 4.45. The van der Waals surface area contributed by atoms with Crippen molar-refractivity contribution in [3.8, 4) is 0 Å². The first-order valence-electron chi connectivity index (χ1n) is 9.02. The molecule has 1 heterocycles. The second-order valence-corrected chi connectivity index (χ2v) is 7.36. The highest BCUT2D eigenvalue weighted by molar-refractivity contribution is 5.76. The molecule has 0 aliphatic heterocycles. The summed E-state index contributed by atoms with van der Waals surface area (Å²) in [5, 5.41) is 3.54. The molecule has 0 saturated heterocycles. The third kappa shape index (κ3) is 4.14. The number of nitrogens with zero attached hydrogens (tertiary/aromatic N) is 1. The molecule has 0 aromatic carbocycles. The molecular weight excluding hydrogens is 290 g/mol. The van der Waals surface area contributed by atoms with Gasteiger partial charge < -0.3 is 15.0 Å². The number of hydrogen-bond donors (Lipinski definition) is 2. The minimum Gasteiger partial charge on any atom is -0.468 e. The van der Waals surface area contributed by atoms with Crippen LogP contribution in [0.1, 0.15) is 63.5 Å². The Bertz CT molecular complexity index is 484. The largest absolute Gasteiger partial charge is 0.468 e. The average Bonchev–Trinajstić information content (AvgIpc) is 3.09. The van der Waals surface area contributed by atoms with E-state index >= 15 is 0 Å². The number of nitrogens with one attached hydrogen (secondary N) is 2. The number of aromatic amines is 1. The Morgan fingerprint density at radius 3 is 2.70 bits per heavy atom. The Labute approximate surface area is 138 Å². The third-order valence-electron chi connectivity index (χ3n) is 5.86. The smallest absolute Gasteiger partial charge is 0.323 e. The van der Waals surface area contributed by atoms with Crippen molar-refractivity contribution in [3.05, 3.63) is 18.2 Å². The molecule has 1 atom stereocenters. The number of imidazole rings is 1. The van der Waals surface area contributed by atoms with Gasteiger partial charge in [-0.05, 0) is 43.9 Å². The first-order chi connectivity index (χ1) is 11.2. The van der Waals surface area contributed by atoms with Crippen LogP contribution in [0.15, 0.2) is 12.5 Å². The molecule has 0 radical (unpaired) electrons. The summed E-state index contributed by atoms with van der Waals surface area (Å²) in [5.41, 5.74) is 1.58. The van der Waals surface area contributed by atoms with Crippen LogP contribution in [0, 0.1) is 5.41 Å². The number of aromatic nitrogens is 2. The normalized spacial score (nSPS) is 22.8. The summed E-state index contributed by atoms with van der Waals surface area (Å²) in [6, 6.07) is 0.139. The molecule has 1 unspecified atom stereocenters. The maximum atomic E-state index is 12.1. The van der Waals surface area contributed by atoms with Crippen molar-refractivity contribution in [2.24, 2.45) is 5.41 Å². The van der Waals surface area contributed by atoms with Gasteiger partial charge in [0.1, 0.15) is 6.04 Å². The summed E-state index contributed by atoms with van der Waals surface area (Å²) >= 11 is 0. The van der Waals surface area contributed by atoms with Crippen molar-refractivity contribution in [1.29, 1.82) is 0 Å². The third-order valence-corrected chi connectivity index (χ3v) is 5.86.